The van der Waals surface area contributed by atoms with Crippen LogP contribution in [0.4, 0.5) is 21.2 Å². The number of hydrogen-bond acceptors (Lipinski definition) is 17. The van der Waals surface area contributed by atoms with E-state index in [4.69, 9.17) is 64.1 Å². The number of hydrogen-bond donors (Lipinski definition) is 3. The summed E-state index contributed by atoms with van der Waals surface area (Å²) < 4.78 is 53.2. The zero-order chi connectivity index (χ0) is 65.2. The number of nitrogens with zero attached hydrogens (tertiary/aromatic N) is 4. The number of rotatable bonds is 20. The standard InChI is InChI=1S/C38H49N3O7.C34H43N3O6/c1-37(2,3)47-35(42)32-28(26-10-9-19-41(21-26)36(43)48-38(4,5)6)20-29(40-34(32)39)33-30(45-22-24-13-14-24)11-8-12-31(33)46-23-25-15-17-27(44-7)18-16-25;1-34(2,3)43-33(39)37-16-6-7-24(18-37)26-17-28(36-32(35)27(26)19-38)31-29(41-20-22-10-11-22)8-5-9-30(31)42-21-23-12-14-25(40-4)15-13-23/h8,11-12,15-18,20,24,26H,9-10,13-14,19,21-23H2,1-7H3,(H2,39,40);5,8-9,12-15,17,22,24,38H,6-7,10-11,16,18-21H2,1-4H3,(H2,35,36). The van der Waals surface area contributed by atoms with Gasteiger partial charge in [-0.3, -0.25) is 0 Å². The summed E-state index contributed by atoms with van der Waals surface area (Å²) in [6.45, 7) is 20.2. The molecule has 4 aliphatic rings. The number of benzene rings is 4. The third-order valence-corrected chi connectivity index (χ3v) is 16.0. The van der Waals surface area contributed by atoms with Crippen molar-refractivity contribution < 1.29 is 62.1 Å². The second kappa shape index (κ2) is 29.2. The second-order valence-electron chi connectivity index (χ2n) is 27.0. The molecule has 2 aliphatic carbocycles. The zero-order valence-electron chi connectivity index (χ0n) is 54.9. The molecule has 2 saturated carbocycles. The second-order valence-corrected chi connectivity index (χ2v) is 27.0. The van der Waals surface area contributed by atoms with Crippen LogP contribution in [0.25, 0.3) is 22.5 Å². The molecule has 4 aromatic carbocycles. The molecule has 4 fully saturated rings. The number of aliphatic hydroxyl groups excluding tert-OH is 1. The van der Waals surface area contributed by atoms with E-state index in [1.807, 2.05) is 159 Å². The molecule has 91 heavy (non-hydrogen) atoms. The number of nitrogens with two attached hydrogens (primary N) is 2. The predicted molar refractivity (Wildman–Crippen MR) is 350 cm³/mol. The molecule has 0 bridgehead atoms. The van der Waals surface area contributed by atoms with Crippen LogP contribution in [0, 0.1) is 11.8 Å². The molecule has 6 aromatic rings. The molecule has 10 rings (SSSR count). The Morgan fingerprint density at radius 2 is 0.923 bits per heavy atom. The van der Waals surface area contributed by atoms with Gasteiger partial charge in [-0.05, 0) is 208 Å². The minimum atomic E-state index is -0.750. The van der Waals surface area contributed by atoms with Crippen LogP contribution in [-0.2, 0) is 34.0 Å². The quantitative estimate of drug-likeness (QED) is 0.0475. The summed E-state index contributed by atoms with van der Waals surface area (Å²) in [5, 5.41) is 10.3. The Kier molecular flexibility index (Phi) is 21.5. The van der Waals surface area contributed by atoms with Crippen LogP contribution < -0.4 is 39.9 Å². The van der Waals surface area contributed by atoms with E-state index < -0.39 is 22.8 Å². The fraction of sp³-hybridized carbons (Fsp3) is 0.486. The number of nitrogen functional groups attached to an aromatic ring is 2. The van der Waals surface area contributed by atoms with E-state index in [9.17, 15) is 19.5 Å². The van der Waals surface area contributed by atoms with Crippen LogP contribution >= 0.6 is 0 Å². The molecule has 0 spiro atoms. The third-order valence-electron chi connectivity index (χ3n) is 16.0. The molecular formula is C72H92N6O13. The van der Waals surface area contributed by atoms with Crippen LogP contribution in [-0.4, -0.2) is 113 Å². The summed E-state index contributed by atoms with van der Waals surface area (Å²) in [5.41, 5.74) is 18.0. The van der Waals surface area contributed by atoms with Crippen LogP contribution in [0.3, 0.4) is 0 Å². The highest BCUT2D eigenvalue weighted by atomic mass is 16.6. The Morgan fingerprint density at radius 1 is 0.527 bits per heavy atom. The van der Waals surface area contributed by atoms with Crippen molar-refractivity contribution in [2.75, 3.05) is 65.1 Å². The van der Waals surface area contributed by atoms with Crippen molar-refractivity contribution in [2.24, 2.45) is 11.8 Å². The SMILES string of the molecule is COc1ccc(COc2cccc(OCC3CC3)c2-c2cc(C3CCCN(C(=O)OC(C)(C)C)C3)c(C(=O)OC(C)(C)C)c(N)n2)cc1.COc1ccc(COc2cccc(OCC3CC3)c2-c2cc(C3CCCN(C(=O)OC(C)(C)C)C3)c(CO)c(N)n2)cc1. The lowest BCUT2D eigenvalue weighted by Crippen LogP contribution is -2.42. The van der Waals surface area contributed by atoms with Crippen LogP contribution in [0.5, 0.6) is 34.5 Å². The molecule has 2 aliphatic heterocycles. The van der Waals surface area contributed by atoms with E-state index in [1.54, 1.807) is 24.0 Å². The number of aromatic nitrogens is 2. The number of amides is 2. The predicted octanol–water partition coefficient (Wildman–Crippen LogP) is 14.1. The maximum Gasteiger partial charge on any atom is 0.410 e. The van der Waals surface area contributed by atoms with E-state index in [2.05, 4.69) is 0 Å². The van der Waals surface area contributed by atoms with E-state index in [-0.39, 0.29) is 47.8 Å². The summed E-state index contributed by atoms with van der Waals surface area (Å²) in [6.07, 6.45) is 7.00. The molecule has 0 radical (unpaired) electrons. The molecule has 5 N–H and O–H groups in total. The fourth-order valence-electron chi connectivity index (χ4n) is 11.1. The molecule has 2 aromatic heterocycles. The van der Waals surface area contributed by atoms with Gasteiger partial charge in [0, 0.05) is 43.6 Å². The van der Waals surface area contributed by atoms with Gasteiger partial charge in [-0.2, -0.15) is 0 Å². The number of aliphatic hydroxyl groups is 1. The van der Waals surface area contributed by atoms with Crippen LogP contribution in [0.1, 0.15) is 164 Å². The highest BCUT2D eigenvalue weighted by molar-refractivity contribution is 5.97. The number of esters is 1. The molecule has 19 nitrogen and oxygen atoms in total. The number of carbonyl (C=O) groups is 3. The number of anilines is 2. The number of pyridine rings is 2. The van der Waals surface area contributed by atoms with Crippen molar-refractivity contribution in [1.82, 2.24) is 19.8 Å². The van der Waals surface area contributed by atoms with Crippen LogP contribution in [0.15, 0.2) is 97.1 Å². The maximum absolute atomic E-state index is 13.7. The van der Waals surface area contributed by atoms with Crippen molar-refractivity contribution in [3.05, 3.63) is 130 Å². The van der Waals surface area contributed by atoms with Gasteiger partial charge >= 0.3 is 18.2 Å². The summed E-state index contributed by atoms with van der Waals surface area (Å²) in [4.78, 5) is 52.8. The van der Waals surface area contributed by atoms with Crippen molar-refractivity contribution in [2.45, 2.75) is 162 Å². The number of piperidine rings is 2. The molecule has 4 heterocycles. The van der Waals surface area contributed by atoms with Gasteiger partial charge in [0.05, 0.1) is 56.6 Å². The Bertz CT molecular complexity index is 3480. The van der Waals surface area contributed by atoms with Crippen LogP contribution in [0.2, 0.25) is 0 Å². The summed E-state index contributed by atoms with van der Waals surface area (Å²) >= 11 is 0. The first-order valence-corrected chi connectivity index (χ1v) is 31.8. The van der Waals surface area contributed by atoms with Gasteiger partial charge in [-0.15, -0.1) is 0 Å². The van der Waals surface area contributed by atoms with Gasteiger partial charge in [0.1, 0.15) is 81.7 Å². The van der Waals surface area contributed by atoms with E-state index in [1.165, 1.54) is 12.8 Å². The average molecular weight is 1250 g/mol. The number of methoxy groups -OCH3 is 2. The lowest BCUT2D eigenvalue weighted by Gasteiger charge is -2.35. The molecule has 2 unspecified atom stereocenters. The van der Waals surface area contributed by atoms with Crippen molar-refractivity contribution in [3.8, 4) is 57.0 Å². The monoisotopic (exact) mass is 1250 g/mol. The molecule has 19 heteroatoms. The van der Waals surface area contributed by atoms with Gasteiger partial charge in [-0.25, -0.2) is 24.4 Å². The first kappa shape index (κ1) is 67.0. The Balaban J connectivity index is 0.000000217. The van der Waals surface area contributed by atoms with E-state index in [0.29, 0.717) is 121 Å². The van der Waals surface area contributed by atoms with Crippen molar-refractivity contribution in [3.63, 3.8) is 0 Å². The molecule has 2 amide bonds. The summed E-state index contributed by atoms with van der Waals surface area (Å²) in [7, 11) is 3.27. The lowest BCUT2D eigenvalue weighted by atomic mass is 9.86. The third kappa shape index (κ3) is 18.6. The summed E-state index contributed by atoms with van der Waals surface area (Å²) in [5.74, 6) is 4.59. The molecule has 2 saturated heterocycles. The maximum atomic E-state index is 13.7. The number of ether oxygens (including phenoxy) is 9. The first-order chi connectivity index (χ1) is 43.3. The lowest BCUT2D eigenvalue weighted by molar-refractivity contribution is 0.00671. The minimum absolute atomic E-state index is 0.0456. The Hall–Kier alpha value is -8.45. The minimum Gasteiger partial charge on any atom is -0.497 e. The van der Waals surface area contributed by atoms with Gasteiger partial charge in [-0.1, -0.05) is 36.4 Å². The average Bonchev–Trinajstić information content (AvgIpc) is 1.78. The van der Waals surface area contributed by atoms with Crippen molar-refractivity contribution in [1.29, 1.82) is 0 Å². The number of carbonyl (C=O) groups excluding carboxylic acids is 3. The zero-order valence-corrected chi connectivity index (χ0v) is 54.9. The smallest absolute Gasteiger partial charge is 0.410 e. The highest BCUT2D eigenvalue weighted by Gasteiger charge is 2.36. The van der Waals surface area contributed by atoms with Crippen molar-refractivity contribution >= 4 is 29.8 Å². The highest BCUT2D eigenvalue weighted by Crippen LogP contribution is 2.45. The van der Waals surface area contributed by atoms with Gasteiger partial charge in [0.25, 0.3) is 0 Å². The van der Waals surface area contributed by atoms with Gasteiger partial charge < -0.3 is 69.0 Å². The largest absolute Gasteiger partial charge is 0.497 e. The fourth-order valence-corrected chi connectivity index (χ4v) is 11.1. The normalized spacial score (nSPS) is 16.8. The van der Waals surface area contributed by atoms with Gasteiger partial charge in [0.15, 0.2) is 0 Å². The van der Waals surface area contributed by atoms with E-state index in [0.717, 1.165) is 66.7 Å². The number of likely N-dealkylation sites (tertiary alicyclic amines) is 2. The van der Waals surface area contributed by atoms with E-state index >= 15 is 0 Å². The molecular weight excluding hydrogens is 1160 g/mol. The topological polar surface area (TPSA) is 239 Å². The first-order valence-electron chi connectivity index (χ1n) is 31.8. The van der Waals surface area contributed by atoms with Gasteiger partial charge in [0.2, 0.25) is 0 Å². The summed E-state index contributed by atoms with van der Waals surface area (Å²) in [6, 6.07) is 30.7. The Morgan fingerprint density at radius 3 is 1.32 bits per heavy atom. The Labute approximate surface area is 536 Å². The molecule has 488 valence electrons. The molecule has 2 atom stereocenters.